The third-order valence-electron chi connectivity index (χ3n) is 5.07. The maximum atomic E-state index is 6.22. The van der Waals surface area contributed by atoms with Crippen LogP contribution in [0.15, 0.2) is 24.3 Å². The molecule has 3 heteroatoms. The van der Waals surface area contributed by atoms with E-state index in [-0.39, 0.29) is 5.54 Å². The topological polar surface area (TPSA) is 38.5 Å². The highest BCUT2D eigenvalue weighted by Gasteiger charge is 2.39. The number of rotatable bonds is 2. The highest BCUT2D eigenvalue weighted by Crippen LogP contribution is 2.38. The molecule has 1 aromatic rings. The van der Waals surface area contributed by atoms with Crippen LogP contribution in [-0.2, 0) is 6.54 Å². The summed E-state index contributed by atoms with van der Waals surface area (Å²) in [4.78, 5) is 2.59. The lowest BCUT2D eigenvalue weighted by atomic mass is 9.75. The molecular formula is C17H26N2O. The molecule has 2 N–H and O–H groups in total. The van der Waals surface area contributed by atoms with Gasteiger partial charge in [-0.1, -0.05) is 38.0 Å². The molecule has 1 aromatic carbocycles. The van der Waals surface area contributed by atoms with Crippen LogP contribution in [0.4, 0.5) is 0 Å². The molecular weight excluding hydrogens is 248 g/mol. The van der Waals surface area contributed by atoms with Crippen molar-refractivity contribution in [2.75, 3.05) is 19.7 Å². The fourth-order valence-corrected chi connectivity index (χ4v) is 3.96. The summed E-state index contributed by atoms with van der Waals surface area (Å²) in [5, 5.41) is 0. The van der Waals surface area contributed by atoms with Gasteiger partial charge in [-0.05, 0) is 24.8 Å². The van der Waals surface area contributed by atoms with Crippen LogP contribution in [0.3, 0.4) is 0 Å². The van der Waals surface area contributed by atoms with Crippen LogP contribution in [-0.4, -0.2) is 30.1 Å². The molecule has 1 heterocycles. The van der Waals surface area contributed by atoms with Crippen molar-refractivity contribution in [3.8, 4) is 5.75 Å². The predicted octanol–water partition coefficient (Wildman–Crippen LogP) is 2.79. The third kappa shape index (κ3) is 2.57. The van der Waals surface area contributed by atoms with Crippen molar-refractivity contribution in [1.29, 1.82) is 0 Å². The molecule has 0 saturated heterocycles. The Morgan fingerprint density at radius 3 is 3.05 bits per heavy atom. The smallest absolute Gasteiger partial charge is 0.123 e. The lowest BCUT2D eigenvalue weighted by Gasteiger charge is -2.47. The summed E-state index contributed by atoms with van der Waals surface area (Å²) in [7, 11) is 0. The van der Waals surface area contributed by atoms with E-state index in [1.807, 2.05) is 0 Å². The molecule has 3 nitrogen and oxygen atoms in total. The van der Waals surface area contributed by atoms with Crippen LogP contribution < -0.4 is 10.5 Å². The Labute approximate surface area is 122 Å². The summed E-state index contributed by atoms with van der Waals surface area (Å²) in [6.45, 7) is 5.86. The molecule has 1 fully saturated rings. The molecule has 0 spiro atoms. The predicted molar refractivity (Wildman–Crippen MR) is 81.8 cm³/mol. The number of para-hydroxylation sites is 1. The summed E-state index contributed by atoms with van der Waals surface area (Å²) in [5.74, 6) is 1.83. The second kappa shape index (κ2) is 5.74. The molecule has 0 aromatic heterocycles. The van der Waals surface area contributed by atoms with E-state index >= 15 is 0 Å². The summed E-state index contributed by atoms with van der Waals surface area (Å²) in [5.41, 5.74) is 7.70. The third-order valence-corrected chi connectivity index (χ3v) is 5.07. The zero-order valence-corrected chi connectivity index (χ0v) is 12.5. The molecule has 1 aliphatic heterocycles. The van der Waals surface area contributed by atoms with Gasteiger partial charge in [0.15, 0.2) is 0 Å². The maximum absolute atomic E-state index is 6.22. The Hall–Kier alpha value is -1.06. The van der Waals surface area contributed by atoms with Crippen molar-refractivity contribution in [1.82, 2.24) is 4.90 Å². The van der Waals surface area contributed by atoms with E-state index in [9.17, 15) is 0 Å². The van der Waals surface area contributed by atoms with Crippen molar-refractivity contribution in [3.63, 3.8) is 0 Å². The van der Waals surface area contributed by atoms with Crippen LogP contribution in [0.5, 0.6) is 5.75 Å². The van der Waals surface area contributed by atoms with Gasteiger partial charge in [0.05, 0.1) is 0 Å². The number of hydrogen-bond donors (Lipinski definition) is 1. The van der Waals surface area contributed by atoms with Crippen LogP contribution in [0.1, 0.15) is 38.2 Å². The number of benzene rings is 1. The van der Waals surface area contributed by atoms with Gasteiger partial charge < -0.3 is 10.5 Å². The highest BCUT2D eigenvalue weighted by atomic mass is 16.5. The lowest BCUT2D eigenvalue weighted by molar-refractivity contribution is 0.0288. The van der Waals surface area contributed by atoms with Crippen molar-refractivity contribution in [2.45, 2.75) is 44.7 Å². The molecule has 0 bridgehead atoms. The van der Waals surface area contributed by atoms with Gasteiger partial charge in [-0.15, -0.1) is 0 Å². The average molecular weight is 274 g/mol. The van der Waals surface area contributed by atoms with Gasteiger partial charge in [-0.2, -0.15) is 0 Å². The molecule has 2 atom stereocenters. The number of nitrogens with zero attached hydrogens (tertiary/aromatic N) is 1. The minimum atomic E-state index is 0.179. The first-order chi connectivity index (χ1) is 9.73. The van der Waals surface area contributed by atoms with E-state index in [0.29, 0.717) is 0 Å². The number of nitrogens with two attached hydrogens (primary N) is 1. The van der Waals surface area contributed by atoms with Gasteiger partial charge in [0, 0.05) is 30.7 Å². The molecule has 2 unspecified atom stereocenters. The zero-order chi connectivity index (χ0) is 14.0. The SMILES string of the molecule is CC1CCCC(CN)(N2CCOc3ccccc3C2)C1. The molecule has 3 rings (SSSR count). The summed E-state index contributed by atoms with van der Waals surface area (Å²) >= 11 is 0. The van der Waals surface area contributed by atoms with E-state index < -0.39 is 0 Å². The van der Waals surface area contributed by atoms with E-state index in [4.69, 9.17) is 10.5 Å². The van der Waals surface area contributed by atoms with Crippen LogP contribution in [0.2, 0.25) is 0 Å². The number of hydrogen-bond acceptors (Lipinski definition) is 3. The highest BCUT2D eigenvalue weighted by molar-refractivity contribution is 5.34. The standard InChI is InChI=1S/C17H26N2O/c1-14-5-4-8-17(11-14,13-18)19-9-10-20-16-7-3-2-6-15(16)12-19/h2-3,6-7,14H,4-5,8-13,18H2,1H3. The Balaban J connectivity index is 1.85. The summed E-state index contributed by atoms with van der Waals surface area (Å²) in [6, 6.07) is 8.42. The van der Waals surface area contributed by atoms with Gasteiger partial charge in [0.1, 0.15) is 12.4 Å². The molecule has 2 aliphatic rings. The van der Waals surface area contributed by atoms with Crippen LogP contribution in [0, 0.1) is 5.92 Å². The largest absolute Gasteiger partial charge is 0.492 e. The fourth-order valence-electron chi connectivity index (χ4n) is 3.96. The normalized spacial score (nSPS) is 31.2. The summed E-state index contributed by atoms with van der Waals surface area (Å²) in [6.07, 6.45) is 5.11. The van der Waals surface area contributed by atoms with Gasteiger partial charge >= 0.3 is 0 Å². The zero-order valence-electron chi connectivity index (χ0n) is 12.5. The van der Waals surface area contributed by atoms with Crippen LogP contribution in [0.25, 0.3) is 0 Å². The lowest BCUT2D eigenvalue weighted by Crippen LogP contribution is -2.56. The number of fused-ring (bicyclic) bond motifs is 1. The average Bonchev–Trinajstić information content (AvgIpc) is 2.69. The monoisotopic (exact) mass is 274 g/mol. The van der Waals surface area contributed by atoms with E-state index in [1.165, 1.54) is 31.2 Å². The summed E-state index contributed by atoms with van der Waals surface area (Å²) < 4.78 is 5.90. The quantitative estimate of drug-likeness (QED) is 0.901. The van der Waals surface area contributed by atoms with E-state index in [2.05, 4.69) is 36.1 Å². The second-order valence-electron chi connectivity index (χ2n) is 6.51. The fraction of sp³-hybridized carbons (Fsp3) is 0.647. The first-order valence-electron chi connectivity index (χ1n) is 7.89. The van der Waals surface area contributed by atoms with Crippen molar-refractivity contribution < 1.29 is 4.74 Å². The van der Waals surface area contributed by atoms with Gasteiger partial charge in [0.25, 0.3) is 0 Å². The molecule has 20 heavy (non-hydrogen) atoms. The molecule has 110 valence electrons. The first kappa shape index (κ1) is 13.9. The molecule has 1 saturated carbocycles. The van der Waals surface area contributed by atoms with Crippen molar-refractivity contribution >= 4 is 0 Å². The van der Waals surface area contributed by atoms with Crippen LogP contribution >= 0.6 is 0 Å². The van der Waals surface area contributed by atoms with E-state index in [1.54, 1.807) is 0 Å². The minimum absolute atomic E-state index is 0.179. The minimum Gasteiger partial charge on any atom is -0.492 e. The Kier molecular flexibility index (Phi) is 3.99. The molecule has 1 aliphatic carbocycles. The Morgan fingerprint density at radius 1 is 1.40 bits per heavy atom. The van der Waals surface area contributed by atoms with Gasteiger partial charge in [-0.3, -0.25) is 4.90 Å². The van der Waals surface area contributed by atoms with Gasteiger partial charge in [0.2, 0.25) is 0 Å². The Morgan fingerprint density at radius 2 is 2.25 bits per heavy atom. The molecule has 0 amide bonds. The van der Waals surface area contributed by atoms with Gasteiger partial charge in [-0.25, -0.2) is 0 Å². The Bertz CT molecular complexity index is 462. The van der Waals surface area contributed by atoms with Crippen molar-refractivity contribution in [3.05, 3.63) is 29.8 Å². The molecule has 0 radical (unpaired) electrons. The maximum Gasteiger partial charge on any atom is 0.123 e. The van der Waals surface area contributed by atoms with Crippen molar-refractivity contribution in [2.24, 2.45) is 11.7 Å². The first-order valence-corrected chi connectivity index (χ1v) is 7.89. The number of ether oxygens (including phenoxy) is 1. The second-order valence-corrected chi connectivity index (χ2v) is 6.51. The van der Waals surface area contributed by atoms with E-state index in [0.717, 1.165) is 37.9 Å².